The van der Waals surface area contributed by atoms with Gasteiger partial charge in [0.1, 0.15) is 0 Å². The van der Waals surface area contributed by atoms with E-state index >= 15 is 0 Å². The number of aromatic nitrogens is 2. The van der Waals surface area contributed by atoms with Gasteiger partial charge in [-0.05, 0) is 158 Å². The third-order valence-corrected chi connectivity index (χ3v) is 13.6. The maximum atomic E-state index is 2.41. The van der Waals surface area contributed by atoms with Crippen LogP contribution < -0.4 is 14.7 Å². The number of fused-ring (bicyclic) bond motifs is 6. The summed E-state index contributed by atoms with van der Waals surface area (Å²) in [6.45, 7) is 0. The number of hydrogen-bond acceptors (Lipinski definition) is 3. The summed E-state index contributed by atoms with van der Waals surface area (Å²) >= 11 is 0. The van der Waals surface area contributed by atoms with Crippen LogP contribution in [0.2, 0.25) is 0 Å². The van der Waals surface area contributed by atoms with E-state index in [1.807, 2.05) is 0 Å². The topological polar surface area (TPSA) is 19.6 Å². The van der Waals surface area contributed by atoms with Crippen molar-refractivity contribution in [1.82, 2.24) is 9.13 Å². The molecule has 0 saturated carbocycles. The van der Waals surface area contributed by atoms with Crippen molar-refractivity contribution >= 4 is 94.8 Å². The van der Waals surface area contributed by atoms with Gasteiger partial charge in [-0.25, -0.2) is 0 Å². The van der Waals surface area contributed by atoms with Gasteiger partial charge in [0.15, 0.2) is 0 Å². The zero-order valence-electron chi connectivity index (χ0n) is 38.9. The van der Waals surface area contributed by atoms with Crippen molar-refractivity contribution in [3.05, 3.63) is 285 Å². The maximum Gasteiger partial charge on any atom is 0.0542 e. The Bertz CT molecular complexity index is 3640. The van der Waals surface area contributed by atoms with Gasteiger partial charge >= 0.3 is 0 Å². The first-order valence-corrected chi connectivity index (χ1v) is 24.2. The predicted octanol–water partition coefficient (Wildman–Crippen LogP) is 18.3. The highest BCUT2D eigenvalue weighted by Crippen LogP contribution is 2.45. The minimum absolute atomic E-state index is 1.07. The first-order valence-electron chi connectivity index (χ1n) is 24.2. The van der Waals surface area contributed by atoms with Crippen LogP contribution in [-0.2, 0) is 0 Å². The summed E-state index contributed by atoms with van der Waals surface area (Å²) in [5.41, 5.74) is 16.6. The Labute approximate surface area is 413 Å². The molecule has 0 atom stereocenters. The monoisotopic (exact) mass is 909 g/mol. The van der Waals surface area contributed by atoms with Crippen molar-refractivity contribution in [3.8, 4) is 11.4 Å². The number of rotatable bonds is 11. The van der Waals surface area contributed by atoms with Crippen molar-refractivity contribution in [2.45, 2.75) is 0 Å². The number of nitrogens with zero attached hydrogens (tertiary/aromatic N) is 5. The Balaban J connectivity index is 1.03. The summed E-state index contributed by atoms with van der Waals surface area (Å²) in [7, 11) is 0. The van der Waals surface area contributed by atoms with Crippen LogP contribution in [0.1, 0.15) is 0 Å². The fourth-order valence-electron chi connectivity index (χ4n) is 10.5. The summed E-state index contributed by atoms with van der Waals surface area (Å²) in [4.78, 5) is 7.10. The van der Waals surface area contributed by atoms with E-state index in [1.165, 1.54) is 21.5 Å². The molecule has 0 saturated heterocycles. The van der Waals surface area contributed by atoms with E-state index in [0.717, 1.165) is 84.6 Å². The molecule has 13 aromatic rings. The fraction of sp³-hybridized carbons (Fsp3) is 0. The molecule has 0 amide bonds. The van der Waals surface area contributed by atoms with Crippen LogP contribution >= 0.6 is 0 Å². The number of benzene rings is 11. The molecule has 2 aromatic heterocycles. The average Bonchev–Trinajstić information content (AvgIpc) is 3.95. The molecule has 13 rings (SSSR count). The highest BCUT2D eigenvalue weighted by molar-refractivity contribution is 6.14. The molecule has 0 fully saturated rings. The van der Waals surface area contributed by atoms with Crippen molar-refractivity contribution in [2.24, 2.45) is 0 Å². The van der Waals surface area contributed by atoms with E-state index in [2.05, 4.69) is 309 Å². The molecule has 0 bridgehead atoms. The normalized spacial score (nSPS) is 11.4. The van der Waals surface area contributed by atoms with E-state index in [1.54, 1.807) is 0 Å². The van der Waals surface area contributed by atoms with Crippen LogP contribution in [0.3, 0.4) is 0 Å². The van der Waals surface area contributed by atoms with Crippen LogP contribution in [0.15, 0.2) is 285 Å². The summed E-state index contributed by atoms with van der Waals surface area (Å²) in [6.07, 6.45) is 0. The van der Waals surface area contributed by atoms with Gasteiger partial charge in [0.2, 0.25) is 0 Å². The molecule has 5 nitrogen and oxygen atoms in total. The van der Waals surface area contributed by atoms with Gasteiger partial charge in [-0.2, -0.15) is 0 Å². The lowest BCUT2D eigenvalue weighted by molar-refractivity contribution is 1.18. The summed E-state index contributed by atoms with van der Waals surface area (Å²) in [5.74, 6) is 0. The van der Waals surface area contributed by atoms with Gasteiger partial charge in [-0.15, -0.1) is 0 Å². The van der Waals surface area contributed by atoms with E-state index in [9.17, 15) is 0 Å². The molecule has 5 heteroatoms. The van der Waals surface area contributed by atoms with Crippen LogP contribution in [-0.4, -0.2) is 9.13 Å². The molecule has 71 heavy (non-hydrogen) atoms. The number of para-hydroxylation sites is 7. The Kier molecular flexibility index (Phi) is 10.4. The van der Waals surface area contributed by atoms with Crippen molar-refractivity contribution in [1.29, 1.82) is 0 Å². The van der Waals surface area contributed by atoms with Gasteiger partial charge in [0.25, 0.3) is 0 Å². The fourth-order valence-corrected chi connectivity index (χ4v) is 10.5. The van der Waals surface area contributed by atoms with E-state index in [0.29, 0.717) is 0 Å². The Morgan fingerprint density at radius 1 is 0.183 bits per heavy atom. The average molecular weight is 910 g/mol. The zero-order valence-corrected chi connectivity index (χ0v) is 38.9. The minimum Gasteiger partial charge on any atom is -0.310 e. The van der Waals surface area contributed by atoms with Gasteiger partial charge < -0.3 is 23.8 Å². The smallest absolute Gasteiger partial charge is 0.0542 e. The third kappa shape index (κ3) is 7.45. The van der Waals surface area contributed by atoms with Crippen molar-refractivity contribution in [3.63, 3.8) is 0 Å². The lowest BCUT2D eigenvalue weighted by Gasteiger charge is -2.26. The molecule has 0 aliphatic carbocycles. The van der Waals surface area contributed by atoms with E-state index in [-0.39, 0.29) is 0 Å². The highest BCUT2D eigenvalue weighted by Gasteiger charge is 2.23. The second-order valence-electron chi connectivity index (χ2n) is 17.8. The van der Waals surface area contributed by atoms with Gasteiger partial charge in [-0.1, -0.05) is 127 Å². The number of anilines is 9. The summed E-state index contributed by atoms with van der Waals surface area (Å²) in [5, 5.41) is 4.67. The predicted molar refractivity (Wildman–Crippen MR) is 299 cm³/mol. The van der Waals surface area contributed by atoms with E-state index in [4.69, 9.17) is 0 Å². The standard InChI is InChI=1S/C66H47N5/c1-8-22-48(23-9-1)67(49-24-10-2-11-25-49)55-36-40-63-59(44-55)61-46-57(38-42-65(61)70(63)53-32-18-6-19-33-53)69(52-30-16-5-17-31-52)58-39-43-66-62(47-58)60-45-56(37-41-64(60)71(66)54-34-20-7-21-35-54)68(50-26-12-3-13-27-50)51-28-14-4-15-29-51/h1-47H. The first kappa shape index (κ1) is 41.6. The Morgan fingerprint density at radius 2 is 0.380 bits per heavy atom. The molecule has 0 spiro atoms. The van der Waals surface area contributed by atoms with Crippen LogP contribution in [0.25, 0.3) is 55.0 Å². The first-order chi connectivity index (χ1) is 35.2. The molecular weight excluding hydrogens is 863 g/mol. The Hall–Kier alpha value is -9.58. The number of hydrogen-bond donors (Lipinski definition) is 0. The lowest BCUT2D eigenvalue weighted by Crippen LogP contribution is -2.10. The van der Waals surface area contributed by atoms with E-state index < -0.39 is 0 Å². The lowest BCUT2D eigenvalue weighted by atomic mass is 10.1. The molecule has 2 heterocycles. The maximum absolute atomic E-state index is 2.41. The Morgan fingerprint density at radius 3 is 0.606 bits per heavy atom. The van der Waals surface area contributed by atoms with Crippen LogP contribution in [0.5, 0.6) is 0 Å². The second-order valence-corrected chi connectivity index (χ2v) is 17.8. The summed E-state index contributed by atoms with van der Waals surface area (Å²) < 4.78 is 4.80. The van der Waals surface area contributed by atoms with Gasteiger partial charge in [-0.3, -0.25) is 0 Å². The van der Waals surface area contributed by atoms with Crippen LogP contribution in [0.4, 0.5) is 51.2 Å². The minimum atomic E-state index is 1.07. The second kappa shape index (κ2) is 17.8. The molecule has 336 valence electrons. The van der Waals surface area contributed by atoms with Crippen molar-refractivity contribution in [2.75, 3.05) is 14.7 Å². The zero-order chi connectivity index (χ0) is 47.1. The molecular formula is C66H47N5. The quantitative estimate of drug-likeness (QED) is 0.129. The molecule has 11 aromatic carbocycles. The molecule has 0 unspecified atom stereocenters. The largest absolute Gasteiger partial charge is 0.310 e. The SMILES string of the molecule is c1ccc(N(c2ccccc2)c2ccc3c(c2)c2cc(N(c4ccccc4)c4ccc5c(c4)c4cc(N(c6ccccc6)c6ccccc6)ccc4n5-c4ccccc4)ccc2n3-c2ccccc2)cc1. The highest BCUT2D eigenvalue weighted by atomic mass is 15.2. The third-order valence-electron chi connectivity index (χ3n) is 13.6. The van der Waals surface area contributed by atoms with Crippen molar-refractivity contribution < 1.29 is 0 Å². The summed E-state index contributed by atoms with van der Waals surface area (Å²) in [6, 6.07) is 103. The van der Waals surface area contributed by atoms with Crippen LogP contribution in [0, 0.1) is 0 Å². The molecule has 0 N–H and O–H groups in total. The van der Waals surface area contributed by atoms with Gasteiger partial charge in [0, 0.05) is 84.1 Å². The molecule has 0 radical (unpaired) electrons. The molecule has 0 aliphatic rings. The van der Waals surface area contributed by atoms with Gasteiger partial charge in [0.05, 0.1) is 22.1 Å². The molecule has 0 aliphatic heterocycles.